The molecule has 26 heavy (non-hydrogen) atoms. The molecule has 7 heteroatoms. The summed E-state index contributed by atoms with van der Waals surface area (Å²) >= 11 is 6.19. The van der Waals surface area contributed by atoms with Gasteiger partial charge in [-0.25, -0.2) is 0 Å². The molecule has 0 aliphatic carbocycles. The summed E-state index contributed by atoms with van der Waals surface area (Å²) in [6.45, 7) is 0.220. The van der Waals surface area contributed by atoms with Crippen LogP contribution < -0.4 is 15.1 Å². The highest BCUT2D eigenvalue weighted by Gasteiger charge is 2.33. The van der Waals surface area contributed by atoms with Crippen LogP contribution in [0.3, 0.4) is 0 Å². The van der Waals surface area contributed by atoms with Crippen molar-refractivity contribution in [2.45, 2.75) is 0 Å². The molecule has 1 aliphatic rings. The topological polar surface area (TPSA) is 79.7 Å². The lowest BCUT2D eigenvalue weighted by Gasteiger charge is -2.24. The van der Waals surface area contributed by atoms with Gasteiger partial charge < -0.3 is 15.3 Å². The van der Waals surface area contributed by atoms with Gasteiger partial charge in [0.05, 0.1) is 23.6 Å². The van der Waals surface area contributed by atoms with Crippen molar-refractivity contribution < 1.29 is 9.90 Å². The first kappa shape index (κ1) is 18.0. The number of halogens is 1. The maximum absolute atomic E-state index is 13.3. The van der Waals surface area contributed by atoms with Crippen molar-refractivity contribution in [1.82, 2.24) is 5.32 Å². The number of nitrogens with zero attached hydrogens (tertiary/aromatic N) is 2. The number of nitrogens with one attached hydrogen (secondary N) is 2. The Hall–Kier alpha value is -2.83. The molecule has 3 N–H and O–H groups in total. The maximum atomic E-state index is 13.3. The summed E-state index contributed by atoms with van der Waals surface area (Å²) in [4.78, 5) is 16.5. The molecular weight excluding hydrogens is 352 g/mol. The van der Waals surface area contributed by atoms with Crippen LogP contribution in [0.2, 0.25) is 5.02 Å². The van der Waals surface area contributed by atoms with Crippen molar-refractivity contribution >= 4 is 40.4 Å². The van der Waals surface area contributed by atoms with E-state index in [9.17, 15) is 4.79 Å². The van der Waals surface area contributed by atoms with E-state index < -0.39 is 0 Å². The molecule has 1 amide bonds. The fourth-order valence-electron chi connectivity index (χ4n) is 2.79. The van der Waals surface area contributed by atoms with E-state index in [-0.39, 0.29) is 30.5 Å². The molecule has 0 saturated heterocycles. The van der Waals surface area contributed by atoms with Crippen LogP contribution in [-0.2, 0) is 4.79 Å². The minimum Gasteiger partial charge on any atom is -0.395 e. The lowest BCUT2D eigenvalue weighted by Crippen LogP contribution is -2.33. The number of aliphatic hydroxyl groups excluding tert-OH is 1. The molecule has 0 radical (unpaired) electrons. The third kappa shape index (κ3) is 3.29. The normalized spacial score (nSPS) is 15.9. The van der Waals surface area contributed by atoms with Crippen LogP contribution in [0.4, 0.5) is 17.1 Å². The third-order valence-corrected chi connectivity index (χ3v) is 4.32. The number of carbonyl (C=O) groups excluding carboxylic acids is 1. The number of hydrogen-bond acceptors (Lipinski definition) is 4. The number of hydrogen-bond donors (Lipinski definition) is 3. The van der Waals surface area contributed by atoms with E-state index in [1.54, 1.807) is 35.0 Å². The Kier molecular flexibility index (Phi) is 5.25. The number of fused-ring (bicyclic) bond motifs is 1. The van der Waals surface area contributed by atoms with Gasteiger partial charge >= 0.3 is 0 Å². The molecule has 0 bridgehead atoms. The number of para-hydroxylation sites is 1. The van der Waals surface area contributed by atoms with Gasteiger partial charge in [-0.3, -0.25) is 15.1 Å². The van der Waals surface area contributed by atoms with Gasteiger partial charge in [-0.05, 0) is 30.3 Å². The summed E-state index contributed by atoms with van der Waals surface area (Å²) in [6, 6.07) is 14.5. The molecular formula is C19H19ClN4O2. The smallest absolute Gasteiger partial charge is 0.268 e. The van der Waals surface area contributed by atoms with Gasteiger partial charge in [0, 0.05) is 30.5 Å². The number of likely N-dealkylation sites (N-methyl/N-ethyl adjacent to an activating group) is 1. The zero-order chi connectivity index (χ0) is 18.7. The van der Waals surface area contributed by atoms with Crippen LogP contribution in [0.5, 0.6) is 0 Å². The van der Waals surface area contributed by atoms with Crippen LogP contribution in [0.15, 0.2) is 60.3 Å². The van der Waals surface area contributed by atoms with Crippen LogP contribution >= 0.6 is 11.6 Å². The largest absolute Gasteiger partial charge is 0.395 e. The molecule has 2 aromatic rings. The summed E-state index contributed by atoms with van der Waals surface area (Å²) in [7, 11) is 1.73. The highest BCUT2D eigenvalue weighted by atomic mass is 35.5. The Balaban J connectivity index is 2.20. The van der Waals surface area contributed by atoms with Gasteiger partial charge in [-0.2, -0.15) is 0 Å². The van der Waals surface area contributed by atoms with Crippen molar-refractivity contribution in [2.24, 2.45) is 0 Å². The first-order valence-electron chi connectivity index (χ1n) is 8.10. The van der Waals surface area contributed by atoms with E-state index in [0.29, 0.717) is 22.1 Å². The Morgan fingerprint density at radius 1 is 1.19 bits per heavy atom. The quantitative estimate of drug-likeness (QED) is 0.571. The zero-order valence-electron chi connectivity index (χ0n) is 14.2. The fourth-order valence-corrected chi connectivity index (χ4v) is 2.96. The maximum Gasteiger partial charge on any atom is 0.268 e. The minimum absolute atomic E-state index is 0.0578. The number of amidine groups is 1. The van der Waals surface area contributed by atoms with Crippen molar-refractivity contribution in [2.75, 3.05) is 30.0 Å². The van der Waals surface area contributed by atoms with Crippen molar-refractivity contribution in [3.8, 4) is 0 Å². The van der Waals surface area contributed by atoms with E-state index in [2.05, 4.69) is 5.32 Å². The second kappa shape index (κ2) is 7.59. The average Bonchev–Trinajstić information content (AvgIpc) is 2.72. The number of aliphatic hydroxyl groups is 1. The molecule has 6 nitrogen and oxygen atoms in total. The first-order valence-corrected chi connectivity index (χ1v) is 8.48. The predicted molar refractivity (Wildman–Crippen MR) is 104 cm³/mol. The standard InChI is InChI=1S/C19H19ClN4O2/c1-23-16-8-7-13(20)11-17(16)24(14-5-3-2-4-6-14)19(26)15(18(23)21)12-22-9-10-25/h2-8,11-12,21-22,25H,9-10H2,1H3/b15-12+,21-18?. The van der Waals surface area contributed by atoms with E-state index in [1.165, 1.54) is 6.20 Å². The Labute approximate surface area is 156 Å². The molecule has 2 aromatic carbocycles. The molecule has 1 heterocycles. The Bertz CT molecular complexity index is 867. The summed E-state index contributed by atoms with van der Waals surface area (Å²) in [5, 5.41) is 20.8. The third-order valence-electron chi connectivity index (χ3n) is 4.08. The minimum atomic E-state index is -0.348. The number of amides is 1. The van der Waals surface area contributed by atoms with Crippen LogP contribution in [0.25, 0.3) is 0 Å². The lowest BCUT2D eigenvalue weighted by molar-refractivity contribution is -0.114. The highest BCUT2D eigenvalue weighted by Crippen LogP contribution is 2.40. The van der Waals surface area contributed by atoms with Crippen LogP contribution in [0.1, 0.15) is 0 Å². The molecule has 3 rings (SSSR count). The molecule has 1 aliphatic heterocycles. The second-order valence-electron chi connectivity index (χ2n) is 5.75. The summed E-state index contributed by atoms with van der Waals surface area (Å²) < 4.78 is 0. The lowest BCUT2D eigenvalue weighted by atomic mass is 10.2. The van der Waals surface area contributed by atoms with Crippen molar-refractivity contribution in [3.05, 3.63) is 65.3 Å². The monoisotopic (exact) mass is 370 g/mol. The van der Waals surface area contributed by atoms with Crippen molar-refractivity contribution in [1.29, 1.82) is 5.41 Å². The molecule has 0 fully saturated rings. The summed E-state index contributed by atoms with van der Waals surface area (Å²) in [5.74, 6) is -0.290. The highest BCUT2D eigenvalue weighted by molar-refractivity contribution is 6.34. The summed E-state index contributed by atoms with van der Waals surface area (Å²) in [5.41, 5.74) is 2.17. The number of benzene rings is 2. The summed E-state index contributed by atoms with van der Waals surface area (Å²) in [6.07, 6.45) is 1.47. The van der Waals surface area contributed by atoms with E-state index >= 15 is 0 Å². The first-order chi connectivity index (χ1) is 12.5. The molecule has 0 unspecified atom stereocenters. The zero-order valence-corrected chi connectivity index (χ0v) is 15.0. The Morgan fingerprint density at radius 3 is 2.62 bits per heavy atom. The SMILES string of the molecule is CN1C(=N)/C(=C\NCCO)C(=O)N(c2ccccc2)c2cc(Cl)ccc21. The van der Waals surface area contributed by atoms with E-state index in [1.807, 2.05) is 30.3 Å². The van der Waals surface area contributed by atoms with Crippen LogP contribution in [-0.4, -0.2) is 37.0 Å². The van der Waals surface area contributed by atoms with Crippen molar-refractivity contribution in [3.63, 3.8) is 0 Å². The fraction of sp³-hybridized carbons (Fsp3) is 0.158. The van der Waals surface area contributed by atoms with Gasteiger partial charge in [0.15, 0.2) is 0 Å². The number of anilines is 3. The van der Waals surface area contributed by atoms with Gasteiger partial charge in [-0.1, -0.05) is 29.8 Å². The molecule has 134 valence electrons. The average molecular weight is 371 g/mol. The van der Waals surface area contributed by atoms with E-state index in [4.69, 9.17) is 22.1 Å². The molecule has 0 spiro atoms. The van der Waals surface area contributed by atoms with Gasteiger partial charge in [0.1, 0.15) is 5.84 Å². The molecule has 0 atom stereocenters. The second-order valence-corrected chi connectivity index (χ2v) is 6.19. The molecule has 0 saturated carbocycles. The van der Waals surface area contributed by atoms with E-state index in [0.717, 1.165) is 0 Å². The predicted octanol–water partition coefficient (Wildman–Crippen LogP) is 2.90. The van der Waals surface area contributed by atoms with Crippen LogP contribution in [0, 0.1) is 5.41 Å². The number of rotatable bonds is 4. The van der Waals surface area contributed by atoms with Gasteiger partial charge in [-0.15, -0.1) is 0 Å². The molecule has 0 aromatic heterocycles. The Morgan fingerprint density at radius 2 is 1.92 bits per heavy atom. The number of carbonyl (C=O) groups is 1. The van der Waals surface area contributed by atoms with Gasteiger partial charge in [0.25, 0.3) is 5.91 Å². The van der Waals surface area contributed by atoms with Gasteiger partial charge in [0.2, 0.25) is 0 Å².